The number of halogens is 3. The van der Waals surface area contributed by atoms with E-state index in [4.69, 9.17) is 37.4 Å². The van der Waals surface area contributed by atoms with Gasteiger partial charge in [0, 0.05) is 15.6 Å². The molecule has 0 saturated carbocycles. The van der Waals surface area contributed by atoms with Crippen LogP contribution in [0.25, 0.3) is 0 Å². The molecule has 3 unspecified atom stereocenters. The summed E-state index contributed by atoms with van der Waals surface area (Å²) >= 11 is 12.5. The monoisotopic (exact) mass is 465 g/mol. The van der Waals surface area contributed by atoms with Gasteiger partial charge < -0.3 is 14.2 Å². The second-order valence-electron chi connectivity index (χ2n) is 7.29. The van der Waals surface area contributed by atoms with Crippen LogP contribution in [-0.2, 0) is 16.0 Å². The Morgan fingerprint density at radius 2 is 2.00 bits per heavy atom. The van der Waals surface area contributed by atoms with Crippen molar-refractivity contribution in [2.75, 3.05) is 6.61 Å². The van der Waals surface area contributed by atoms with Gasteiger partial charge in [0.25, 0.3) is 0 Å². The highest BCUT2D eigenvalue weighted by molar-refractivity contribution is 6.35. The van der Waals surface area contributed by atoms with Gasteiger partial charge in [-0.15, -0.1) is 0 Å². The Balaban J connectivity index is 1.41. The average molecular weight is 466 g/mol. The van der Waals surface area contributed by atoms with Gasteiger partial charge in [-0.1, -0.05) is 29.3 Å². The third-order valence-corrected chi connectivity index (χ3v) is 5.57. The summed E-state index contributed by atoms with van der Waals surface area (Å²) in [6.07, 6.45) is 4.71. The van der Waals surface area contributed by atoms with E-state index in [1.54, 1.807) is 35.3 Å². The molecule has 1 saturated heterocycles. The first-order chi connectivity index (χ1) is 15.1. The molecule has 3 atom stereocenters. The van der Waals surface area contributed by atoms with Crippen LogP contribution in [0.15, 0.2) is 55.1 Å². The van der Waals surface area contributed by atoms with E-state index in [9.17, 15) is 4.39 Å². The minimum absolute atomic E-state index is 0.128. The lowest BCUT2D eigenvalue weighted by Gasteiger charge is -2.33. The Morgan fingerprint density at radius 3 is 2.74 bits per heavy atom. The van der Waals surface area contributed by atoms with E-state index in [0.717, 1.165) is 24.8 Å². The molecule has 1 aliphatic heterocycles. The number of benzene rings is 2. The molecule has 1 fully saturated rings. The summed E-state index contributed by atoms with van der Waals surface area (Å²) in [4.78, 5) is 3.99. The summed E-state index contributed by atoms with van der Waals surface area (Å²) < 4.78 is 33.0. The van der Waals surface area contributed by atoms with Crippen LogP contribution in [0.1, 0.15) is 30.9 Å². The van der Waals surface area contributed by atoms with Crippen LogP contribution in [0.2, 0.25) is 10.0 Å². The van der Waals surface area contributed by atoms with Crippen LogP contribution in [0, 0.1) is 5.82 Å². The molecule has 1 aromatic heterocycles. The largest absolute Gasteiger partial charge is 0.491 e. The lowest BCUT2D eigenvalue weighted by molar-refractivity contribution is -0.223. The molecule has 4 rings (SSSR count). The molecule has 2 heterocycles. The van der Waals surface area contributed by atoms with Crippen molar-refractivity contribution in [3.8, 4) is 5.75 Å². The zero-order valence-corrected chi connectivity index (χ0v) is 18.2. The summed E-state index contributed by atoms with van der Waals surface area (Å²) in [7, 11) is 0. The smallest absolute Gasteiger partial charge is 0.159 e. The highest BCUT2D eigenvalue weighted by atomic mass is 35.5. The fraction of sp³-hybridized carbons (Fsp3) is 0.364. The Labute approximate surface area is 189 Å². The number of nitrogens with zero attached hydrogens (tertiary/aromatic N) is 3. The summed E-state index contributed by atoms with van der Waals surface area (Å²) in [5, 5.41) is 5.25. The number of aromatic nitrogens is 3. The van der Waals surface area contributed by atoms with Gasteiger partial charge in [-0.3, -0.25) is 4.68 Å². The van der Waals surface area contributed by atoms with Crippen LogP contribution < -0.4 is 4.74 Å². The molecule has 0 spiro atoms. The quantitative estimate of drug-likeness (QED) is 0.442. The maximum Gasteiger partial charge on any atom is 0.159 e. The summed E-state index contributed by atoms with van der Waals surface area (Å²) in [5.41, 5.74) is 0.801. The predicted octanol–water partition coefficient (Wildman–Crippen LogP) is 5.46. The van der Waals surface area contributed by atoms with Crippen LogP contribution in [0.5, 0.6) is 5.75 Å². The van der Waals surface area contributed by atoms with Crippen molar-refractivity contribution < 1.29 is 18.6 Å². The lowest BCUT2D eigenvalue weighted by Crippen LogP contribution is -2.35. The minimum Gasteiger partial charge on any atom is -0.491 e. The van der Waals surface area contributed by atoms with E-state index in [1.165, 1.54) is 18.5 Å². The van der Waals surface area contributed by atoms with Crippen molar-refractivity contribution >= 4 is 23.2 Å². The van der Waals surface area contributed by atoms with Crippen LogP contribution in [0.4, 0.5) is 4.39 Å². The maximum absolute atomic E-state index is 13.1. The summed E-state index contributed by atoms with van der Waals surface area (Å²) in [6, 6.07) is 11.3. The Bertz CT molecular complexity index is 973. The molecule has 0 aliphatic carbocycles. The average Bonchev–Trinajstić information content (AvgIpc) is 3.26. The molecule has 0 bridgehead atoms. The van der Waals surface area contributed by atoms with E-state index in [0.29, 0.717) is 28.9 Å². The second kappa shape index (κ2) is 10.4. The van der Waals surface area contributed by atoms with Crippen LogP contribution in [0.3, 0.4) is 0 Å². The molecule has 1 aliphatic rings. The maximum atomic E-state index is 13.1. The lowest BCUT2D eigenvalue weighted by atomic mass is 10.1. The van der Waals surface area contributed by atoms with Gasteiger partial charge in [0.15, 0.2) is 6.29 Å². The topological polar surface area (TPSA) is 58.4 Å². The van der Waals surface area contributed by atoms with Gasteiger partial charge in [-0.05, 0) is 55.7 Å². The Morgan fingerprint density at radius 1 is 1.16 bits per heavy atom. The van der Waals surface area contributed by atoms with Gasteiger partial charge in [0.05, 0.1) is 12.6 Å². The van der Waals surface area contributed by atoms with Crippen molar-refractivity contribution in [1.29, 1.82) is 0 Å². The van der Waals surface area contributed by atoms with E-state index in [-0.39, 0.29) is 11.9 Å². The molecule has 0 amide bonds. The van der Waals surface area contributed by atoms with Gasteiger partial charge in [0.2, 0.25) is 0 Å². The van der Waals surface area contributed by atoms with Gasteiger partial charge in [0.1, 0.15) is 36.9 Å². The fourth-order valence-corrected chi connectivity index (χ4v) is 3.99. The van der Waals surface area contributed by atoms with E-state index >= 15 is 0 Å². The third-order valence-electron chi connectivity index (χ3n) is 5.00. The molecule has 6 nitrogen and oxygen atoms in total. The Hall–Kier alpha value is -2.19. The van der Waals surface area contributed by atoms with Gasteiger partial charge >= 0.3 is 0 Å². The molecular weight excluding hydrogens is 444 g/mol. The van der Waals surface area contributed by atoms with Crippen molar-refractivity contribution in [2.45, 2.75) is 44.3 Å². The first kappa shape index (κ1) is 22.0. The summed E-state index contributed by atoms with van der Waals surface area (Å²) in [6.45, 7) is 0.791. The first-order valence-corrected chi connectivity index (χ1v) is 10.8. The van der Waals surface area contributed by atoms with Crippen LogP contribution >= 0.6 is 23.2 Å². The van der Waals surface area contributed by atoms with E-state index in [2.05, 4.69) is 10.1 Å². The van der Waals surface area contributed by atoms with E-state index < -0.39 is 12.4 Å². The molecular formula is C22H22Cl2FN3O3. The van der Waals surface area contributed by atoms with Crippen molar-refractivity contribution in [3.63, 3.8) is 0 Å². The normalized spacial score (nSPS) is 19.8. The summed E-state index contributed by atoms with van der Waals surface area (Å²) in [5.74, 6) is 0.305. The molecule has 31 heavy (non-hydrogen) atoms. The Kier molecular flexibility index (Phi) is 7.40. The zero-order valence-electron chi connectivity index (χ0n) is 16.7. The minimum atomic E-state index is -0.421. The third kappa shape index (κ3) is 6.17. The molecule has 164 valence electrons. The highest BCUT2D eigenvalue weighted by Crippen LogP contribution is 2.33. The van der Waals surface area contributed by atoms with Crippen molar-refractivity contribution in [3.05, 3.63) is 76.5 Å². The van der Waals surface area contributed by atoms with Crippen molar-refractivity contribution in [2.24, 2.45) is 0 Å². The molecule has 9 heteroatoms. The number of hydrogen-bond donors (Lipinski definition) is 0. The predicted molar refractivity (Wildman–Crippen MR) is 115 cm³/mol. The molecule has 0 radical (unpaired) electrons. The number of ether oxygens (including phenoxy) is 3. The first-order valence-electron chi connectivity index (χ1n) is 10.0. The van der Waals surface area contributed by atoms with Gasteiger partial charge in [-0.25, -0.2) is 9.37 Å². The van der Waals surface area contributed by atoms with Crippen LogP contribution in [-0.4, -0.2) is 33.8 Å². The second-order valence-corrected chi connectivity index (χ2v) is 8.14. The number of hydrogen-bond acceptors (Lipinski definition) is 5. The zero-order chi connectivity index (χ0) is 21.6. The molecule has 0 N–H and O–H groups in total. The molecule has 2 aromatic carbocycles. The van der Waals surface area contributed by atoms with E-state index in [1.807, 2.05) is 6.07 Å². The van der Waals surface area contributed by atoms with Crippen molar-refractivity contribution in [1.82, 2.24) is 14.8 Å². The highest BCUT2D eigenvalue weighted by Gasteiger charge is 2.28. The standard InChI is InChI=1S/C22H22Cl2FN3O3/c23-15-4-9-19(20(24)10-15)21(11-28-14-26-13-27-28)31-22-3-1-2-18(30-22)12-29-17-7-5-16(25)6-8-17/h4-10,13-14,18,21-22H,1-3,11-12H2. The fourth-order valence-electron chi connectivity index (χ4n) is 3.46. The SMILES string of the molecule is Fc1ccc(OCC2CCCC(OC(Cn3cncn3)c3ccc(Cl)cc3Cl)O2)cc1. The number of rotatable bonds is 8. The molecule has 3 aromatic rings. The van der Waals surface area contributed by atoms with Gasteiger partial charge in [-0.2, -0.15) is 5.10 Å².